The summed E-state index contributed by atoms with van der Waals surface area (Å²) in [6.07, 6.45) is 0. The molecular formula is C13H8ClF2N3O2. The molecule has 8 heteroatoms. The molecule has 0 saturated carbocycles. The third kappa shape index (κ3) is 2.59. The molecule has 0 saturated heterocycles. The molecule has 0 fully saturated rings. The number of halogens is 3. The molecule has 0 atom stereocenters. The van der Waals surface area contributed by atoms with Crippen LogP contribution >= 0.6 is 11.6 Å². The van der Waals surface area contributed by atoms with E-state index in [1.807, 2.05) is 0 Å². The molecule has 5 nitrogen and oxygen atoms in total. The van der Waals surface area contributed by atoms with E-state index < -0.39 is 17.3 Å². The molecule has 0 unspecified atom stereocenters. The zero-order chi connectivity index (χ0) is 15.0. The first-order valence-corrected chi connectivity index (χ1v) is 6.26. The second kappa shape index (κ2) is 5.17. The quantitative estimate of drug-likeness (QED) is 0.781. The summed E-state index contributed by atoms with van der Waals surface area (Å²) < 4.78 is 32.2. The van der Waals surface area contributed by atoms with Gasteiger partial charge < -0.3 is 9.72 Å². The van der Waals surface area contributed by atoms with E-state index in [-0.39, 0.29) is 28.7 Å². The topological polar surface area (TPSA) is 70.8 Å². The first-order chi connectivity index (χ1) is 10.0. The fraction of sp³-hybridized carbons (Fsp3) is 0.0769. The Bertz CT molecular complexity index is 855. The van der Waals surface area contributed by atoms with Crippen LogP contribution < -0.4 is 10.4 Å². The van der Waals surface area contributed by atoms with Gasteiger partial charge >= 0.3 is 5.69 Å². The predicted octanol–water partition coefficient (Wildman–Crippen LogP) is 2.76. The van der Waals surface area contributed by atoms with Crippen molar-refractivity contribution in [2.45, 2.75) is 6.61 Å². The Kier molecular flexibility index (Phi) is 3.34. The highest BCUT2D eigenvalue weighted by Gasteiger charge is 2.13. The third-order valence-corrected chi connectivity index (χ3v) is 3.11. The Morgan fingerprint density at radius 3 is 2.67 bits per heavy atom. The molecule has 2 heterocycles. The van der Waals surface area contributed by atoms with Crippen LogP contribution in [0.3, 0.4) is 0 Å². The molecule has 108 valence electrons. The normalized spacial score (nSPS) is 11.0. The van der Waals surface area contributed by atoms with Gasteiger partial charge in [0.05, 0.1) is 11.1 Å². The molecule has 3 aromatic rings. The third-order valence-electron chi connectivity index (χ3n) is 2.84. The Hall–Kier alpha value is -2.41. The number of nitrogens with zero attached hydrogens (tertiary/aromatic N) is 1. The zero-order valence-electron chi connectivity index (χ0n) is 10.4. The maximum Gasteiger partial charge on any atom is 0.325 e. The molecule has 2 aromatic heterocycles. The Morgan fingerprint density at radius 1 is 1.24 bits per heavy atom. The Morgan fingerprint density at radius 2 is 1.95 bits per heavy atom. The smallest absolute Gasteiger partial charge is 0.325 e. The maximum atomic E-state index is 13.5. The monoisotopic (exact) mass is 311 g/mol. The summed E-state index contributed by atoms with van der Waals surface area (Å²) in [6.45, 7) is -0.370. The van der Waals surface area contributed by atoms with Gasteiger partial charge in [-0.1, -0.05) is 17.7 Å². The van der Waals surface area contributed by atoms with Gasteiger partial charge in [-0.15, -0.1) is 0 Å². The van der Waals surface area contributed by atoms with E-state index in [0.717, 1.165) is 12.1 Å². The number of nitrogens with one attached hydrogen (secondary N) is 2. The van der Waals surface area contributed by atoms with Crippen LogP contribution in [0.25, 0.3) is 11.2 Å². The summed E-state index contributed by atoms with van der Waals surface area (Å²) in [7, 11) is 0. The highest BCUT2D eigenvalue weighted by molar-refractivity contribution is 6.32. The molecule has 0 aliphatic rings. The minimum atomic E-state index is -0.720. The number of aromatic amines is 2. The number of ether oxygens (including phenoxy) is 1. The van der Waals surface area contributed by atoms with Gasteiger partial charge in [-0.2, -0.15) is 4.98 Å². The van der Waals surface area contributed by atoms with Gasteiger partial charge in [0, 0.05) is 0 Å². The first kappa shape index (κ1) is 13.6. The SMILES string of the molecule is O=c1[nH]c2cc(Cl)c(OCc3c(F)cccc3F)nc2[nH]1. The van der Waals surface area contributed by atoms with Crippen LogP contribution in [-0.4, -0.2) is 15.0 Å². The molecule has 2 N–H and O–H groups in total. The van der Waals surface area contributed by atoms with Gasteiger partial charge in [0.15, 0.2) is 5.65 Å². The minimum absolute atomic E-state index is 0.0259. The number of H-pyrrole nitrogens is 2. The van der Waals surface area contributed by atoms with Crippen LogP contribution in [0.15, 0.2) is 29.1 Å². The number of rotatable bonds is 3. The van der Waals surface area contributed by atoms with Crippen molar-refractivity contribution in [1.82, 2.24) is 15.0 Å². The van der Waals surface area contributed by atoms with Crippen LogP contribution in [-0.2, 0) is 6.61 Å². The van der Waals surface area contributed by atoms with Crippen LogP contribution in [0.4, 0.5) is 8.78 Å². The van der Waals surface area contributed by atoms with Crippen LogP contribution in [0.5, 0.6) is 5.88 Å². The second-order valence-corrected chi connectivity index (χ2v) is 4.65. The molecule has 0 aliphatic heterocycles. The summed E-state index contributed by atoms with van der Waals surface area (Å²) in [4.78, 5) is 20.1. The maximum absolute atomic E-state index is 13.5. The second-order valence-electron chi connectivity index (χ2n) is 4.24. The van der Waals surface area contributed by atoms with Crippen molar-refractivity contribution in [1.29, 1.82) is 0 Å². The van der Waals surface area contributed by atoms with E-state index in [9.17, 15) is 13.6 Å². The number of pyridine rings is 1. The highest BCUT2D eigenvalue weighted by Crippen LogP contribution is 2.26. The molecule has 1 aromatic carbocycles. The van der Waals surface area contributed by atoms with Gasteiger partial charge in [0.2, 0.25) is 5.88 Å². The van der Waals surface area contributed by atoms with Crippen molar-refractivity contribution in [2.75, 3.05) is 0 Å². The van der Waals surface area contributed by atoms with Crippen molar-refractivity contribution in [3.63, 3.8) is 0 Å². The van der Waals surface area contributed by atoms with E-state index >= 15 is 0 Å². The lowest BCUT2D eigenvalue weighted by Gasteiger charge is -2.08. The average molecular weight is 312 g/mol. The minimum Gasteiger partial charge on any atom is -0.471 e. The number of hydrogen-bond acceptors (Lipinski definition) is 3. The van der Waals surface area contributed by atoms with Gasteiger partial charge in [-0.3, -0.25) is 4.98 Å². The van der Waals surface area contributed by atoms with E-state index in [4.69, 9.17) is 16.3 Å². The van der Waals surface area contributed by atoms with Crippen molar-refractivity contribution < 1.29 is 13.5 Å². The van der Waals surface area contributed by atoms with Crippen molar-refractivity contribution in [3.05, 3.63) is 57.0 Å². The first-order valence-electron chi connectivity index (χ1n) is 5.89. The molecular weight excluding hydrogens is 304 g/mol. The summed E-state index contributed by atoms with van der Waals surface area (Å²) in [5.74, 6) is -1.47. The lowest BCUT2D eigenvalue weighted by atomic mass is 10.2. The van der Waals surface area contributed by atoms with Gasteiger partial charge in [-0.25, -0.2) is 13.6 Å². The predicted molar refractivity (Wildman–Crippen MR) is 72.4 cm³/mol. The highest BCUT2D eigenvalue weighted by atomic mass is 35.5. The lowest BCUT2D eigenvalue weighted by molar-refractivity contribution is 0.282. The zero-order valence-corrected chi connectivity index (χ0v) is 11.2. The van der Waals surface area contributed by atoms with Crippen LogP contribution in [0.1, 0.15) is 5.56 Å². The number of benzene rings is 1. The van der Waals surface area contributed by atoms with Crippen LogP contribution in [0.2, 0.25) is 5.02 Å². The molecule has 3 rings (SSSR count). The van der Waals surface area contributed by atoms with Gasteiger partial charge in [-0.05, 0) is 18.2 Å². The molecule has 0 amide bonds. The molecule has 21 heavy (non-hydrogen) atoms. The van der Waals surface area contributed by atoms with E-state index in [1.165, 1.54) is 12.1 Å². The number of imidazole rings is 1. The van der Waals surface area contributed by atoms with Crippen LogP contribution in [0, 0.1) is 11.6 Å². The van der Waals surface area contributed by atoms with E-state index in [1.54, 1.807) is 0 Å². The molecule has 0 spiro atoms. The summed E-state index contributed by atoms with van der Waals surface area (Å²) >= 11 is 5.95. The van der Waals surface area contributed by atoms with Gasteiger partial charge in [0.1, 0.15) is 23.3 Å². The average Bonchev–Trinajstić information content (AvgIpc) is 2.77. The Balaban J connectivity index is 1.91. The van der Waals surface area contributed by atoms with E-state index in [0.29, 0.717) is 5.52 Å². The molecule has 0 aliphatic carbocycles. The summed E-state index contributed by atoms with van der Waals surface area (Å²) in [5, 5.41) is 0.120. The largest absolute Gasteiger partial charge is 0.471 e. The molecule has 0 radical (unpaired) electrons. The summed E-state index contributed by atoms with van der Waals surface area (Å²) in [6, 6.07) is 4.96. The van der Waals surface area contributed by atoms with Gasteiger partial charge in [0.25, 0.3) is 0 Å². The lowest BCUT2D eigenvalue weighted by Crippen LogP contribution is -2.03. The number of fused-ring (bicyclic) bond motifs is 1. The van der Waals surface area contributed by atoms with Crippen molar-refractivity contribution in [2.24, 2.45) is 0 Å². The van der Waals surface area contributed by atoms with Crippen molar-refractivity contribution >= 4 is 22.8 Å². The Labute approximate surface area is 121 Å². The standard InChI is InChI=1S/C13H8ClF2N3O2/c14-7-4-10-11(19-13(20)17-10)18-12(7)21-5-6-8(15)2-1-3-9(6)16/h1-4H,5H2,(H2,17,18,19,20). The van der Waals surface area contributed by atoms with E-state index in [2.05, 4.69) is 15.0 Å². The fourth-order valence-corrected chi connectivity index (χ4v) is 2.04. The summed E-state index contributed by atoms with van der Waals surface area (Å²) in [5.41, 5.74) is -0.00767. The molecule has 0 bridgehead atoms. The number of aromatic nitrogens is 3. The van der Waals surface area contributed by atoms with Crippen molar-refractivity contribution in [3.8, 4) is 5.88 Å². The number of hydrogen-bond donors (Lipinski definition) is 2. The fourth-order valence-electron chi connectivity index (χ4n) is 1.84.